The molecule has 0 saturated carbocycles. The van der Waals surface area contributed by atoms with Gasteiger partial charge in [-0.1, -0.05) is 18.2 Å². The lowest BCUT2D eigenvalue weighted by molar-refractivity contribution is -0.740. The lowest BCUT2D eigenvalue weighted by Crippen LogP contribution is -2.39. The monoisotopic (exact) mass is 378 g/mol. The van der Waals surface area contributed by atoms with Crippen LogP contribution in [-0.4, -0.2) is 24.8 Å². The predicted octanol–water partition coefficient (Wildman–Crippen LogP) is 2.42. The summed E-state index contributed by atoms with van der Waals surface area (Å²) in [5.74, 6) is -0.212. The molecule has 2 aromatic carbocycles. The fourth-order valence-electron chi connectivity index (χ4n) is 2.41. The molecule has 8 heteroatoms. The van der Waals surface area contributed by atoms with Crippen molar-refractivity contribution in [1.29, 1.82) is 0 Å². The average Bonchev–Trinajstić information content (AvgIpc) is 2.92. The van der Waals surface area contributed by atoms with E-state index in [0.717, 1.165) is 24.1 Å². The van der Waals surface area contributed by atoms with Crippen LogP contribution >= 0.6 is 0 Å². The fourth-order valence-corrected chi connectivity index (χ4v) is 2.41. The number of aromatic nitrogens is 2. The summed E-state index contributed by atoms with van der Waals surface area (Å²) >= 11 is 0. The van der Waals surface area contributed by atoms with Gasteiger partial charge in [-0.2, -0.15) is 4.68 Å². The minimum atomic E-state index is -4.41. The quantitative estimate of drug-likeness (QED) is 0.398. The van der Waals surface area contributed by atoms with E-state index in [0.29, 0.717) is 0 Å². The smallest absolute Gasteiger partial charge is 0.238 e. The second-order valence-electron chi connectivity index (χ2n) is 5.41. The molecule has 1 aromatic heterocycles. The van der Waals surface area contributed by atoms with Crippen molar-refractivity contribution >= 4 is 10.4 Å². The van der Waals surface area contributed by atoms with E-state index >= 15 is 0 Å². The summed E-state index contributed by atoms with van der Waals surface area (Å²) in [5, 5.41) is 0. The summed E-state index contributed by atoms with van der Waals surface area (Å²) in [7, 11) is 0.424. The van der Waals surface area contributed by atoms with E-state index in [1.165, 1.54) is 17.7 Å². The number of benzene rings is 2. The largest absolute Gasteiger partial charge is 0.726 e. The summed E-state index contributed by atoms with van der Waals surface area (Å²) < 4.78 is 48.2. The summed E-state index contributed by atoms with van der Waals surface area (Å²) in [5.41, 5.74) is 4.37. The van der Waals surface area contributed by atoms with Crippen molar-refractivity contribution in [3.05, 3.63) is 66.5 Å². The van der Waals surface area contributed by atoms with Gasteiger partial charge in [0.15, 0.2) is 7.05 Å². The summed E-state index contributed by atoms with van der Waals surface area (Å²) in [6.07, 6.45) is 0. The second-order valence-corrected chi connectivity index (χ2v) is 6.56. The van der Waals surface area contributed by atoms with Crippen LogP contribution in [0.1, 0.15) is 0 Å². The van der Waals surface area contributed by atoms with Crippen LogP contribution < -0.4 is 4.68 Å². The molecule has 26 heavy (non-hydrogen) atoms. The zero-order chi connectivity index (χ0) is 19.3. The van der Waals surface area contributed by atoms with Crippen LogP contribution in [0, 0.1) is 5.82 Å². The van der Waals surface area contributed by atoms with Crippen molar-refractivity contribution < 1.29 is 26.2 Å². The van der Waals surface area contributed by atoms with Gasteiger partial charge in [0.05, 0.1) is 14.2 Å². The molecule has 0 spiro atoms. The van der Waals surface area contributed by atoms with Gasteiger partial charge in [-0.25, -0.2) is 12.8 Å². The molecule has 0 aliphatic carbocycles. The Morgan fingerprint density at radius 1 is 1.04 bits per heavy atom. The maximum Gasteiger partial charge on any atom is 0.238 e. The van der Waals surface area contributed by atoms with Gasteiger partial charge in [-0.15, -0.1) is 4.68 Å². The Morgan fingerprint density at radius 3 is 2.08 bits per heavy atom. The first-order chi connectivity index (χ1) is 12.2. The molecule has 0 fully saturated rings. The second kappa shape index (κ2) is 8.22. The van der Waals surface area contributed by atoms with Gasteiger partial charge >= 0.3 is 0 Å². The highest BCUT2D eigenvalue weighted by Gasteiger charge is 2.19. The number of hydrogen-bond donors (Lipinski definition) is 0. The zero-order valence-corrected chi connectivity index (χ0v) is 15.4. The maximum absolute atomic E-state index is 13.0. The molecule has 0 saturated heterocycles. The lowest BCUT2D eigenvalue weighted by Gasteiger charge is -1.99. The van der Waals surface area contributed by atoms with Crippen LogP contribution in [0.2, 0.25) is 0 Å². The Kier molecular flexibility index (Phi) is 6.25. The third-order valence-electron chi connectivity index (χ3n) is 3.83. The Hall–Kier alpha value is -2.55. The molecule has 0 N–H and O–H groups in total. The highest BCUT2D eigenvalue weighted by atomic mass is 32.3. The summed E-state index contributed by atoms with van der Waals surface area (Å²) in [6.45, 7) is 0. The van der Waals surface area contributed by atoms with Crippen molar-refractivity contribution in [2.24, 2.45) is 14.1 Å². The molecule has 1 heterocycles. The maximum atomic E-state index is 13.0. The molecule has 0 radical (unpaired) electrons. The van der Waals surface area contributed by atoms with Crippen molar-refractivity contribution in [1.82, 2.24) is 4.68 Å². The third-order valence-corrected chi connectivity index (χ3v) is 4.24. The van der Waals surface area contributed by atoms with Gasteiger partial charge in [0, 0.05) is 17.2 Å². The van der Waals surface area contributed by atoms with Gasteiger partial charge < -0.3 is 4.55 Å². The van der Waals surface area contributed by atoms with Gasteiger partial charge in [0.25, 0.3) is 0 Å². The van der Waals surface area contributed by atoms with Crippen molar-refractivity contribution in [3.8, 4) is 22.5 Å². The number of rotatable bonds is 3. The lowest BCUT2D eigenvalue weighted by atomic mass is 10.1. The Bertz CT molecular complexity index is 968. The van der Waals surface area contributed by atoms with Gasteiger partial charge in [-0.05, 0) is 36.4 Å². The van der Waals surface area contributed by atoms with E-state index in [1.807, 2.05) is 32.3 Å². The average molecular weight is 378 g/mol. The molecule has 0 amide bonds. The molecule has 0 aliphatic rings. The first-order valence-corrected chi connectivity index (χ1v) is 8.95. The molecular weight excluding hydrogens is 359 g/mol. The van der Waals surface area contributed by atoms with Crippen LogP contribution in [0.3, 0.4) is 0 Å². The number of halogens is 1. The van der Waals surface area contributed by atoms with E-state index in [1.54, 1.807) is 12.1 Å². The van der Waals surface area contributed by atoms with E-state index < -0.39 is 10.4 Å². The third kappa shape index (κ3) is 4.98. The van der Waals surface area contributed by atoms with Crippen LogP contribution in [0.25, 0.3) is 22.5 Å². The van der Waals surface area contributed by atoms with Crippen LogP contribution in [0.15, 0.2) is 60.7 Å². The normalized spacial score (nSPS) is 11.0. The van der Waals surface area contributed by atoms with Gasteiger partial charge in [-0.3, -0.25) is 4.18 Å². The molecule has 0 bridgehead atoms. The number of hydrogen-bond acceptors (Lipinski definition) is 4. The molecule has 3 aromatic rings. The van der Waals surface area contributed by atoms with E-state index in [-0.39, 0.29) is 5.82 Å². The Labute approximate surface area is 152 Å². The predicted molar refractivity (Wildman–Crippen MR) is 94.1 cm³/mol. The van der Waals surface area contributed by atoms with Crippen molar-refractivity contribution in [2.75, 3.05) is 7.11 Å². The van der Waals surface area contributed by atoms with Crippen molar-refractivity contribution in [3.63, 3.8) is 0 Å². The van der Waals surface area contributed by atoms with E-state index in [9.17, 15) is 17.4 Å². The fraction of sp³-hybridized carbons (Fsp3) is 0.167. The zero-order valence-electron chi connectivity index (χ0n) is 14.6. The van der Waals surface area contributed by atoms with Crippen LogP contribution in [-0.2, 0) is 28.7 Å². The summed E-state index contributed by atoms with van der Waals surface area (Å²) in [4.78, 5) is 0. The highest BCUT2D eigenvalue weighted by Crippen LogP contribution is 2.24. The van der Waals surface area contributed by atoms with Gasteiger partial charge in [0.1, 0.15) is 11.5 Å². The minimum absolute atomic E-state index is 0.212. The van der Waals surface area contributed by atoms with Gasteiger partial charge in [0.2, 0.25) is 16.1 Å². The van der Waals surface area contributed by atoms with E-state index in [2.05, 4.69) is 31.7 Å². The molecule has 0 aliphatic heterocycles. The minimum Gasteiger partial charge on any atom is -0.726 e. The van der Waals surface area contributed by atoms with Crippen molar-refractivity contribution in [2.45, 2.75) is 0 Å². The highest BCUT2D eigenvalue weighted by molar-refractivity contribution is 7.80. The SMILES string of the molecule is COS(=O)(=O)[O-].Cn1c(-c2ccc(F)cc2)cc(-c2ccccc2)[n+]1C. The Morgan fingerprint density at radius 2 is 1.58 bits per heavy atom. The molecular formula is C18H19FN2O4S. The van der Waals surface area contributed by atoms with Crippen LogP contribution in [0.5, 0.6) is 0 Å². The molecule has 0 unspecified atom stereocenters. The first kappa shape index (κ1) is 19.8. The standard InChI is InChI=1S/C17H16FN2.CH4O4S/c1-19-16(13-6-4-3-5-7-13)12-17(20(19)2)14-8-10-15(18)11-9-14;1-5-6(2,3)4/h3-12H,1-2H3;1H3,(H,2,3,4)/q+1;/p-1. The topological polar surface area (TPSA) is 75.2 Å². The summed E-state index contributed by atoms with van der Waals surface area (Å²) in [6, 6.07) is 19.0. The molecule has 6 nitrogen and oxygen atoms in total. The first-order valence-electron chi connectivity index (χ1n) is 7.61. The van der Waals surface area contributed by atoms with Crippen LogP contribution in [0.4, 0.5) is 4.39 Å². The molecule has 0 atom stereocenters. The Balaban J connectivity index is 0.000000352. The molecule has 3 rings (SSSR count). The molecule has 138 valence electrons. The van der Waals surface area contributed by atoms with E-state index in [4.69, 9.17) is 0 Å². The number of nitrogens with zero attached hydrogens (tertiary/aromatic N) is 2.